The van der Waals surface area contributed by atoms with Gasteiger partial charge in [0.05, 0.1) is 21.3 Å². The Hall–Kier alpha value is -1.43. The molecule has 0 saturated heterocycles. The summed E-state index contributed by atoms with van der Waals surface area (Å²) in [5.74, 6) is -0.386. The van der Waals surface area contributed by atoms with Crippen molar-refractivity contribution in [3.63, 3.8) is 0 Å². The van der Waals surface area contributed by atoms with E-state index in [1.165, 1.54) is 6.07 Å². The van der Waals surface area contributed by atoms with Gasteiger partial charge < -0.3 is 16.8 Å². The Morgan fingerprint density at radius 1 is 1.10 bits per heavy atom. The lowest BCUT2D eigenvalue weighted by atomic mass is 10.1. The number of carbonyl (C=O) groups excluding carboxylic acids is 1. The zero-order chi connectivity index (χ0) is 14.9. The van der Waals surface area contributed by atoms with Gasteiger partial charge in [-0.1, -0.05) is 23.2 Å². The van der Waals surface area contributed by atoms with Gasteiger partial charge in [-0.25, -0.2) is 0 Å². The molecular formula is C13H10BrCl2N3O. The third-order valence-electron chi connectivity index (χ3n) is 2.60. The number of hydrogen-bond donors (Lipinski definition) is 3. The van der Waals surface area contributed by atoms with Gasteiger partial charge in [-0.05, 0) is 46.3 Å². The Bertz CT molecular complexity index is 692. The highest BCUT2D eigenvalue weighted by Gasteiger charge is 2.14. The number of nitrogen functional groups attached to an aromatic ring is 2. The maximum atomic E-state index is 12.1. The molecule has 4 nitrogen and oxygen atoms in total. The third-order valence-corrected chi connectivity index (χ3v) is 4.37. The van der Waals surface area contributed by atoms with Crippen LogP contribution < -0.4 is 16.8 Å². The van der Waals surface area contributed by atoms with E-state index < -0.39 is 0 Å². The Morgan fingerprint density at radius 2 is 1.80 bits per heavy atom. The third kappa shape index (κ3) is 3.00. The van der Waals surface area contributed by atoms with Gasteiger partial charge in [0.2, 0.25) is 0 Å². The Balaban J connectivity index is 2.30. The highest BCUT2D eigenvalue weighted by molar-refractivity contribution is 9.10. The van der Waals surface area contributed by atoms with Crippen LogP contribution in [0.2, 0.25) is 10.0 Å². The summed E-state index contributed by atoms with van der Waals surface area (Å²) in [5, 5.41) is 3.24. The molecule has 0 aliphatic rings. The molecule has 0 fully saturated rings. The maximum Gasteiger partial charge on any atom is 0.257 e. The van der Waals surface area contributed by atoms with Crippen molar-refractivity contribution in [2.45, 2.75) is 0 Å². The zero-order valence-corrected chi connectivity index (χ0v) is 13.2. The molecule has 0 bridgehead atoms. The summed E-state index contributed by atoms with van der Waals surface area (Å²) >= 11 is 15.3. The van der Waals surface area contributed by atoms with Crippen LogP contribution in [0.5, 0.6) is 0 Å². The first-order valence-corrected chi connectivity index (χ1v) is 7.05. The SMILES string of the molecule is Nc1ccc(C(=O)Nc2ccc(Br)c(Cl)c2Cl)c(N)c1. The molecule has 20 heavy (non-hydrogen) atoms. The summed E-state index contributed by atoms with van der Waals surface area (Å²) in [6, 6.07) is 8.00. The smallest absolute Gasteiger partial charge is 0.257 e. The van der Waals surface area contributed by atoms with E-state index in [0.717, 1.165) is 0 Å². The van der Waals surface area contributed by atoms with Crippen LogP contribution in [0.4, 0.5) is 17.1 Å². The monoisotopic (exact) mass is 373 g/mol. The highest BCUT2D eigenvalue weighted by atomic mass is 79.9. The van der Waals surface area contributed by atoms with E-state index in [2.05, 4.69) is 21.2 Å². The van der Waals surface area contributed by atoms with E-state index in [1.54, 1.807) is 24.3 Å². The first kappa shape index (κ1) is 15.0. The van der Waals surface area contributed by atoms with Crippen molar-refractivity contribution in [1.29, 1.82) is 0 Å². The summed E-state index contributed by atoms with van der Waals surface area (Å²) in [5.41, 5.74) is 12.8. The van der Waals surface area contributed by atoms with Crippen molar-refractivity contribution in [3.8, 4) is 0 Å². The van der Waals surface area contributed by atoms with Crippen LogP contribution in [0.1, 0.15) is 10.4 Å². The minimum atomic E-state index is -0.386. The quantitative estimate of drug-likeness (QED) is 0.545. The van der Waals surface area contributed by atoms with Gasteiger partial charge in [0.1, 0.15) is 0 Å². The van der Waals surface area contributed by atoms with Crippen molar-refractivity contribution in [2.24, 2.45) is 0 Å². The topological polar surface area (TPSA) is 81.1 Å². The number of benzene rings is 2. The molecule has 0 spiro atoms. The van der Waals surface area contributed by atoms with Gasteiger partial charge in [0.25, 0.3) is 5.91 Å². The van der Waals surface area contributed by atoms with Crippen molar-refractivity contribution in [2.75, 3.05) is 16.8 Å². The van der Waals surface area contributed by atoms with Crippen LogP contribution in [-0.4, -0.2) is 5.91 Å². The number of carbonyl (C=O) groups is 1. The lowest BCUT2D eigenvalue weighted by Crippen LogP contribution is -2.14. The van der Waals surface area contributed by atoms with E-state index in [1.807, 2.05) is 0 Å². The average molecular weight is 375 g/mol. The molecule has 2 rings (SSSR count). The van der Waals surface area contributed by atoms with Crippen molar-refractivity contribution in [3.05, 3.63) is 50.4 Å². The second kappa shape index (κ2) is 5.91. The fourth-order valence-corrected chi connectivity index (χ4v) is 2.42. The van der Waals surface area contributed by atoms with Gasteiger partial charge in [0, 0.05) is 15.8 Å². The van der Waals surface area contributed by atoms with Crippen LogP contribution >= 0.6 is 39.1 Å². The van der Waals surface area contributed by atoms with Crippen LogP contribution in [0.3, 0.4) is 0 Å². The molecule has 2 aromatic rings. The molecule has 0 atom stereocenters. The van der Waals surface area contributed by atoms with Gasteiger partial charge in [-0.3, -0.25) is 4.79 Å². The van der Waals surface area contributed by atoms with Gasteiger partial charge in [-0.15, -0.1) is 0 Å². The molecule has 0 heterocycles. The van der Waals surface area contributed by atoms with Crippen LogP contribution in [0, 0.1) is 0 Å². The molecule has 2 aromatic carbocycles. The van der Waals surface area contributed by atoms with Crippen LogP contribution in [-0.2, 0) is 0 Å². The molecule has 0 saturated carbocycles. The lowest BCUT2D eigenvalue weighted by molar-refractivity contribution is 0.102. The molecule has 0 unspecified atom stereocenters. The van der Waals surface area contributed by atoms with Gasteiger partial charge in [0.15, 0.2) is 0 Å². The maximum absolute atomic E-state index is 12.1. The second-order valence-corrected chi connectivity index (χ2v) is 5.63. The first-order valence-electron chi connectivity index (χ1n) is 5.50. The summed E-state index contributed by atoms with van der Waals surface area (Å²) < 4.78 is 0.647. The minimum absolute atomic E-state index is 0.253. The molecule has 5 N–H and O–H groups in total. The average Bonchev–Trinajstić information content (AvgIpc) is 2.39. The summed E-state index contributed by atoms with van der Waals surface area (Å²) in [4.78, 5) is 12.1. The largest absolute Gasteiger partial charge is 0.399 e. The second-order valence-electron chi connectivity index (χ2n) is 4.02. The molecule has 1 amide bonds. The standard InChI is InChI=1S/C13H10BrCl2N3O/c14-8-3-4-10(12(16)11(8)15)19-13(20)7-2-1-6(17)5-9(7)18/h1-5H,17-18H2,(H,19,20). The van der Waals surface area contributed by atoms with Crippen molar-refractivity contribution in [1.82, 2.24) is 0 Å². The highest BCUT2D eigenvalue weighted by Crippen LogP contribution is 2.36. The summed E-state index contributed by atoms with van der Waals surface area (Å²) in [7, 11) is 0. The van der Waals surface area contributed by atoms with Gasteiger partial charge >= 0.3 is 0 Å². The Morgan fingerprint density at radius 3 is 2.45 bits per heavy atom. The molecule has 0 aromatic heterocycles. The normalized spacial score (nSPS) is 10.3. The predicted octanol–water partition coefficient (Wildman–Crippen LogP) is 4.17. The number of nitrogens with two attached hydrogens (primary N) is 2. The summed E-state index contributed by atoms with van der Waals surface area (Å²) in [6.45, 7) is 0. The van der Waals surface area contributed by atoms with E-state index in [4.69, 9.17) is 34.7 Å². The van der Waals surface area contributed by atoms with Crippen molar-refractivity contribution >= 4 is 62.1 Å². The van der Waals surface area contributed by atoms with Crippen LogP contribution in [0.25, 0.3) is 0 Å². The number of anilines is 3. The Kier molecular flexibility index (Phi) is 4.42. The number of rotatable bonds is 2. The number of nitrogens with one attached hydrogen (secondary N) is 1. The molecule has 104 valence electrons. The molecule has 0 aliphatic carbocycles. The first-order chi connectivity index (χ1) is 9.40. The van der Waals surface area contributed by atoms with Crippen molar-refractivity contribution < 1.29 is 4.79 Å². The Labute approximate surface area is 134 Å². The van der Waals surface area contributed by atoms with Crippen LogP contribution in [0.15, 0.2) is 34.8 Å². The van der Waals surface area contributed by atoms with E-state index in [9.17, 15) is 4.79 Å². The lowest BCUT2D eigenvalue weighted by Gasteiger charge is -2.11. The molecule has 0 radical (unpaired) electrons. The molecule has 0 aliphatic heterocycles. The minimum Gasteiger partial charge on any atom is -0.399 e. The number of hydrogen-bond acceptors (Lipinski definition) is 3. The zero-order valence-electron chi connectivity index (χ0n) is 10.1. The fourth-order valence-electron chi connectivity index (χ4n) is 1.60. The van der Waals surface area contributed by atoms with E-state index in [0.29, 0.717) is 32.1 Å². The van der Waals surface area contributed by atoms with Gasteiger partial charge in [-0.2, -0.15) is 0 Å². The van der Waals surface area contributed by atoms with E-state index >= 15 is 0 Å². The summed E-state index contributed by atoms with van der Waals surface area (Å²) in [6.07, 6.45) is 0. The fraction of sp³-hybridized carbons (Fsp3) is 0. The molecule has 7 heteroatoms. The number of amides is 1. The molecular weight excluding hydrogens is 365 g/mol. The van der Waals surface area contributed by atoms with E-state index in [-0.39, 0.29) is 10.9 Å². The predicted molar refractivity (Wildman–Crippen MR) is 87.4 cm³/mol. The number of halogens is 3.